The molecule has 2 aromatic heterocycles. The number of aryl methyl sites for hydroxylation is 1. The van der Waals surface area contributed by atoms with Gasteiger partial charge in [0.15, 0.2) is 5.82 Å². The van der Waals surface area contributed by atoms with E-state index in [4.69, 9.17) is 10.5 Å². The Kier molecular flexibility index (Phi) is 6.10. The fourth-order valence-electron chi connectivity index (χ4n) is 3.43. The van der Waals surface area contributed by atoms with Crippen LogP contribution in [0.3, 0.4) is 0 Å². The minimum absolute atomic E-state index is 0.484. The normalized spacial score (nSPS) is 11.1. The molecule has 4 aromatic rings. The van der Waals surface area contributed by atoms with E-state index >= 15 is 0 Å². The lowest BCUT2D eigenvalue weighted by Gasteiger charge is -2.08. The van der Waals surface area contributed by atoms with Gasteiger partial charge in [-0.25, -0.2) is 9.50 Å². The van der Waals surface area contributed by atoms with Crippen LogP contribution in [0.1, 0.15) is 24.1 Å². The summed E-state index contributed by atoms with van der Waals surface area (Å²) >= 11 is 3.50. The van der Waals surface area contributed by atoms with Gasteiger partial charge in [0.2, 0.25) is 0 Å². The van der Waals surface area contributed by atoms with E-state index in [0.29, 0.717) is 12.4 Å². The molecule has 148 valence electrons. The van der Waals surface area contributed by atoms with Crippen LogP contribution in [0, 0.1) is 0 Å². The first kappa shape index (κ1) is 19.5. The monoisotopic (exact) mass is 450 g/mol. The lowest BCUT2D eigenvalue weighted by Crippen LogP contribution is -2.02. The number of nitrogens with two attached hydrogens (primary N) is 1. The Hall–Kier alpha value is -2.86. The van der Waals surface area contributed by atoms with Crippen molar-refractivity contribution in [3.63, 3.8) is 0 Å². The van der Waals surface area contributed by atoms with Gasteiger partial charge in [0.25, 0.3) is 0 Å². The Labute approximate surface area is 178 Å². The first-order valence-corrected chi connectivity index (χ1v) is 10.8. The van der Waals surface area contributed by atoms with Gasteiger partial charge < -0.3 is 10.5 Å². The van der Waals surface area contributed by atoms with Crippen LogP contribution in [-0.4, -0.2) is 19.9 Å². The predicted octanol–water partition coefficient (Wildman–Crippen LogP) is 5.28. The molecule has 2 aromatic carbocycles. The first-order valence-electron chi connectivity index (χ1n) is 9.70. The number of nitrogen functional groups attached to an aromatic ring is 1. The number of anilines is 1. The Morgan fingerprint density at radius 3 is 2.69 bits per heavy atom. The standard InChI is InChI=1S/C23H23BrN4O/c24-12-5-4-10-19-14-21(22-23(25)26-16-27-28(19)22)18-9-6-11-20(13-18)29-15-17-7-2-1-3-8-17/h1-3,6-9,11,13-14,16H,4-5,10,12,15H2,(H2,25,26,27). The quantitative estimate of drug-likeness (QED) is 0.293. The highest BCUT2D eigenvalue weighted by molar-refractivity contribution is 9.09. The van der Waals surface area contributed by atoms with Crippen LogP contribution in [0.4, 0.5) is 5.82 Å². The van der Waals surface area contributed by atoms with Crippen molar-refractivity contribution in [2.75, 3.05) is 11.1 Å². The molecule has 0 unspecified atom stereocenters. The van der Waals surface area contributed by atoms with E-state index in [0.717, 1.165) is 58.2 Å². The number of halogens is 1. The Morgan fingerprint density at radius 1 is 1.00 bits per heavy atom. The van der Waals surface area contributed by atoms with Gasteiger partial charge in [0.1, 0.15) is 24.2 Å². The molecule has 0 bridgehead atoms. The molecule has 0 atom stereocenters. The van der Waals surface area contributed by atoms with E-state index in [1.165, 1.54) is 6.33 Å². The van der Waals surface area contributed by atoms with E-state index in [2.05, 4.69) is 50.3 Å². The van der Waals surface area contributed by atoms with Gasteiger partial charge in [0, 0.05) is 16.6 Å². The van der Waals surface area contributed by atoms with Crippen LogP contribution >= 0.6 is 15.9 Å². The van der Waals surface area contributed by atoms with E-state index in [9.17, 15) is 0 Å². The average molecular weight is 451 g/mol. The van der Waals surface area contributed by atoms with Crippen LogP contribution < -0.4 is 10.5 Å². The summed E-state index contributed by atoms with van der Waals surface area (Å²) in [6.07, 6.45) is 4.65. The Balaban J connectivity index is 1.65. The van der Waals surface area contributed by atoms with Gasteiger partial charge in [0.05, 0.1) is 0 Å². The zero-order chi connectivity index (χ0) is 20.1. The van der Waals surface area contributed by atoms with Crippen LogP contribution in [0.2, 0.25) is 0 Å². The number of fused-ring (bicyclic) bond motifs is 1. The number of aromatic nitrogens is 3. The molecule has 2 heterocycles. The number of ether oxygens (including phenoxy) is 1. The minimum atomic E-state index is 0.484. The van der Waals surface area contributed by atoms with Gasteiger partial charge in [-0.3, -0.25) is 0 Å². The number of hydrogen-bond donors (Lipinski definition) is 1. The van der Waals surface area contributed by atoms with Gasteiger partial charge in [-0.2, -0.15) is 5.10 Å². The van der Waals surface area contributed by atoms with Crippen molar-refractivity contribution >= 4 is 27.3 Å². The van der Waals surface area contributed by atoms with Gasteiger partial charge in [-0.15, -0.1) is 0 Å². The topological polar surface area (TPSA) is 65.4 Å². The largest absolute Gasteiger partial charge is 0.489 e. The second-order valence-corrected chi connectivity index (χ2v) is 7.70. The summed E-state index contributed by atoms with van der Waals surface area (Å²) in [7, 11) is 0. The van der Waals surface area contributed by atoms with Crippen molar-refractivity contribution in [1.82, 2.24) is 14.6 Å². The van der Waals surface area contributed by atoms with Crippen molar-refractivity contribution in [3.05, 3.63) is 78.2 Å². The van der Waals surface area contributed by atoms with Crippen molar-refractivity contribution in [2.24, 2.45) is 0 Å². The highest BCUT2D eigenvalue weighted by Gasteiger charge is 2.15. The molecular weight excluding hydrogens is 428 g/mol. The molecule has 4 rings (SSSR count). The highest BCUT2D eigenvalue weighted by atomic mass is 79.9. The molecule has 0 saturated heterocycles. The van der Waals surface area contributed by atoms with Gasteiger partial charge >= 0.3 is 0 Å². The summed E-state index contributed by atoms with van der Waals surface area (Å²) in [6.45, 7) is 0.532. The minimum Gasteiger partial charge on any atom is -0.489 e. The van der Waals surface area contributed by atoms with Gasteiger partial charge in [-0.05, 0) is 48.6 Å². The van der Waals surface area contributed by atoms with E-state index in [1.54, 1.807) is 0 Å². The smallest absolute Gasteiger partial charge is 0.151 e. The SMILES string of the molecule is Nc1ncnn2c(CCCCBr)cc(-c3cccc(OCc4ccccc4)c3)c12. The Morgan fingerprint density at radius 2 is 1.86 bits per heavy atom. The number of nitrogens with zero attached hydrogens (tertiary/aromatic N) is 3. The van der Waals surface area contributed by atoms with E-state index in [1.807, 2.05) is 40.9 Å². The number of unbranched alkanes of at least 4 members (excludes halogenated alkanes) is 1. The number of rotatable bonds is 8. The van der Waals surface area contributed by atoms with Gasteiger partial charge in [-0.1, -0.05) is 58.4 Å². The Bertz CT molecular complexity index is 1090. The van der Waals surface area contributed by atoms with Crippen molar-refractivity contribution in [1.29, 1.82) is 0 Å². The van der Waals surface area contributed by atoms with Crippen LogP contribution in [-0.2, 0) is 13.0 Å². The first-order chi connectivity index (χ1) is 14.3. The van der Waals surface area contributed by atoms with E-state index in [-0.39, 0.29) is 0 Å². The lowest BCUT2D eigenvalue weighted by atomic mass is 10.1. The molecule has 0 aliphatic rings. The number of benzene rings is 2. The summed E-state index contributed by atoms with van der Waals surface area (Å²) in [5.74, 6) is 1.30. The zero-order valence-corrected chi connectivity index (χ0v) is 17.7. The fourth-order valence-corrected chi connectivity index (χ4v) is 3.82. The van der Waals surface area contributed by atoms with Crippen molar-refractivity contribution in [2.45, 2.75) is 25.9 Å². The molecule has 6 heteroatoms. The maximum atomic E-state index is 6.22. The predicted molar refractivity (Wildman–Crippen MR) is 120 cm³/mol. The molecule has 0 radical (unpaired) electrons. The summed E-state index contributed by atoms with van der Waals surface area (Å²) in [5, 5.41) is 5.45. The summed E-state index contributed by atoms with van der Waals surface area (Å²) < 4.78 is 7.93. The third kappa shape index (κ3) is 4.43. The van der Waals surface area contributed by atoms with Crippen LogP contribution in [0.5, 0.6) is 5.75 Å². The summed E-state index contributed by atoms with van der Waals surface area (Å²) in [6, 6.07) is 20.4. The lowest BCUT2D eigenvalue weighted by molar-refractivity contribution is 0.306. The molecular formula is C23H23BrN4O. The molecule has 0 fully saturated rings. The molecule has 29 heavy (non-hydrogen) atoms. The third-order valence-corrected chi connectivity index (χ3v) is 5.43. The molecule has 5 nitrogen and oxygen atoms in total. The second kappa shape index (κ2) is 9.09. The van der Waals surface area contributed by atoms with E-state index < -0.39 is 0 Å². The molecule has 0 saturated carbocycles. The second-order valence-electron chi connectivity index (χ2n) is 6.90. The molecule has 0 aliphatic heterocycles. The van der Waals surface area contributed by atoms with Crippen molar-refractivity contribution in [3.8, 4) is 16.9 Å². The average Bonchev–Trinajstić information content (AvgIpc) is 3.14. The third-order valence-electron chi connectivity index (χ3n) is 4.87. The molecule has 0 aliphatic carbocycles. The summed E-state index contributed by atoms with van der Waals surface area (Å²) in [4.78, 5) is 4.21. The number of alkyl halides is 1. The maximum absolute atomic E-state index is 6.22. The molecule has 2 N–H and O–H groups in total. The zero-order valence-electron chi connectivity index (χ0n) is 16.1. The summed E-state index contributed by atoms with van der Waals surface area (Å²) in [5.41, 5.74) is 11.4. The number of hydrogen-bond acceptors (Lipinski definition) is 4. The molecule has 0 spiro atoms. The fraction of sp³-hybridized carbons (Fsp3) is 0.217. The van der Waals surface area contributed by atoms with Crippen LogP contribution in [0.25, 0.3) is 16.6 Å². The molecule has 0 amide bonds. The highest BCUT2D eigenvalue weighted by Crippen LogP contribution is 2.32. The van der Waals surface area contributed by atoms with Crippen LogP contribution in [0.15, 0.2) is 67.0 Å². The van der Waals surface area contributed by atoms with Crippen molar-refractivity contribution < 1.29 is 4.74 Å². The maximum Gasteiger partial charge on any atom is 0.151 e.